The van der Waals surface area contributed by atoms with Crippen molar-refractivity contribution in [3.05, 3.63) is 77.3 Å². The van der Waals surface area contributed by atoms with E-state index in [-0.39, 0.29) is 35.5 Å². The molecule has 4 heterocycles. The third-order valence-electron chi connectivity index (χ3n) is 6.02. The van der Waals surface area contributed by atoms with E-state index in [1.54, 1.807) is 10.9 Å². The first-order chi connectivity index (χ1) is 15.6. The first kappa shape index (κ1) is 19.9. The van der Waals surface area contributed by atoms with Crippen LogP contribution in [0.4, 0.5) is 5.95 Å². The van der Waals surface area contributed by atoms with E-state index in [4.69, 9.17) is 16.6 Å². The molecule has 2 saturated heterocycles. The van der Waals surface area contributed by atoms with Crippen molar-refractivity contribution < 1.29 is 10.9 Å². The Labute approximate surface area is 188 Å². The Morgan fingerprint density at radius 3 is 2.41 bits per heavy atom. The Kier molecular flexibility index (Phi) is 4.79. The van der Waals surface area contributed by atoms with Gasteiger partial charge in [0.05, 0.1) is 0 Å². The molecule has 0 spiro atoms. The molecule has 3 atom stereocenters. The van der Waals surface area contributed by atoms with Crippen molar-refractivity contribution in [1.29, 1.82) is 0 Å². The SMILES string of the molecule is Nc1nc2c(ncn2[C@@H]2C[C@@H]3[O][Sn]([c]4ccccc4)([c]4ccccc4)[O]C[C@H]3O2)c(=O)[nH]1. The first-order valence-electron chi connectivity index (χ1n) is 10.4. The third-order valence-corrected chi connectivity index (χ3v) is 15.7. The number of ether oxygens (including phenoxy) is 1. The Morgan fingerprint density at radius 1 is 1.03 bits per heavy atom. The fourth-order valence-electron chi connectivity index (χ4n) is 4.53. The predicted octanol–water partition coefficient (Wildman–Crippen LogP) is 0.661. The molecular formula is C22H21N5O4Sn. The van der Waals surface area contributed by atoms with E-state index in [0.717, 1.165) is 7.16 Å². The third kappa shape index (κ3) is 3.15. The number of nitrogens with two attached hydrogens (primary N) is 1. The monoisotopic (exact) mass is 539 g/mol. The average molecular weight is 538 g/mol. The summed E-state index contributed by atoms with van der Waals surface area (Å²) in [6.45, 7) is 0.448. The summed E-state index contributed by atoms with van der Waals surface area (Å²) >= 11 is -3.86. The van der Waals surface area contributed by atoms with Crippen LogP contribution in [0.5, 0.6) is 0 Å². The van der Waals surface area contributed by atoms with Gasteiger partial charge in [-0.25, -0.2) is 0 Å². The Hall–Kier alpha value is -2.73. The molecule has 0 bridgehead atoms. The summed E-state index contributed by atoms with van der Waals surface area (Å²) in [6.07, 6.45) is 1.45. The minimum absolute atomic E-state index is 0.0441. The normalized spacial score (nSPS) is 24.4. The van der Waals surface area contributed by atoms with Crippen LogP contribution in [0, 0.1) is 0 Å². The first-order valence-corrected chi connectivity index (χ1v) is 15.6. The number of hydrogen-bond acceptors (Lipinski definition) is 7. The van der Waals surface area contributed by atoms with Crippen LogP contribution in [0.1, 0.15) is 12.6 Å². The van der Waals surface area contributed by atoms with Gasteiger partial charge in [-0.3, -0.25) is 0 Å². The van der Waals surface area contributed by atoms with Gasteiger partial charge in [-0.2, -0.15) is 0 Å². The second kappa shape index (κ2) is 7.69. The quantitative estimate of drug-likeness (QED) is 0.369. The molecule has 6 rings (SSSR count). The van der Waals surface area contributed by atoms with E-state index in [1.165, 1.54) is 0 Å². The minimum atomic E-state index is -3.86. The van der Waals surface area contributed by atoms with Crippen LogP contribution in [0.15, 0.2) is 71.8 Å². The van der Waals surface area contributed by atoms with Crippen molar-refractivity contribution in [3.63, 3.8) is 0 Å². The summed E-state index contributed by atoms with van der Waals surface area (Å²) < 4.78 is 23.8. The van der Waals surface area contributed by atoms with E-state index in [2.05, 4.69) is 39.2 Å². The second-order valence-electron chi connectivity index (χ2n) is 7.96. The number of H-pyrrole nitrogens is 1. The van der Waals surface area contributed by atoms with Crippen LogP contribution >= 0.6 is 0 Å². The molecule has 9 nitrogen and oxygen atoms in total. The number of nitrogen functional groups attached to an aromatic ring is 1. The average Bonchev–Trinajstić information content (AvgIpc) is 3.43. The Bertz CT molecular complexity index is 1290. The zero-order valence-corrected chi connectivity index (χ0v) is 19.9. The van der Waals surface area contributed by atoms with E-state index in [9.17, 15) is 4.79 Å². The van der Waals surface area contributed by atoms with Gasteiger partial charge in [-0.15, -0.1) is 0 Å². The number of anilines is 1. The Balaban J connectivity index is 1.36. The summed E-state index contributed by atoms with van der Waals surface area (Å²) in [5, 5.41) is 0. The van der Waals surface area contributed by atoms with Gasteiger partial charge in [-0.1, -0.05) is 0 Å². The fourth-order valence-corrected chi connectivity index (χ4v) is 14.1. The second-order valence-corrected chi connectivity index (χ2v) is 16.3. The van der Waals surface area contributed by atoms with Gasteiger partial charge in [0.25, 0.3) is 0 Å². The van der Waals surface area contributed by atoms with Crippen molar-refractivity contribution in [1.82, 2.24) is 19.5 Å². The van der Waals surface area contributed by atoms with Crippen molar-refractivity contribution in [2.45, 2.75) is 24.9 Å². The molecule has 0 saturated carbocycles. The molecule has 32 heavy (non-hydrogen) atoms. The van der Waals surface area contributed by atoms with Crippen LogP contribution in [0.2, 0.25) is 0 Å². The van der Waals surface area contributed by atoms with Crippen molar-refractivity contribution >= 4 is 43.5 Å². The molecule has 10 heteroatoms. The van der Waals surface area contributed by atoms with Gasteiger partial charge < -0.3 is 0 Å². The van der Waals surface area contributed by atoms with Gasteiger partial charge in [-0.05, 0) is 0 Å². The summed E-state index contributed by atoms with van der Waals surface area (Å²) in [4.78, 5) is 23.1. The molecule has 2 fully saturated rings. The van der Waals surface area contributed by atoms with Crippen LogP contribution in [0.25, 0.3) is 11.2 Å². The van der Waals surface area contributed by atoms with Gasteiger partial charge in [0.15, 0.2) is 0 Å². The van der Waals surface area contributed by atoms with Crippen LogP contribution in [-0.4, -0.2) is 57.5 Å². The van der Waals surface area contributed by atoms with Gasteiger partial charge >= 0.3 is 188 Å². The molecule has 2 aromatic heterocycles. The summed E-state index contributed by atoms with van der Waals surface area (Å²) in [5.41, 5.74) is 6.01. The summed E-state index contributed by atoms with van der Waals surface area (Å²) in [6, 6.07) is 20.5. The number of hydrogen-bond donors (Lipinski definition) is 2. The zero-order chi connectivity index (χ0) is 21.7. The number of fused-ring (bicyclic) bond motifs is 2. The summed E-state index contributed by atoms with van der Waals surface area (Å²) in [5.74, 6) is 0.0441. The Morgan fingerprint density at radius 2 is 1.72 bits per heavy atom. The van der Waals surface area contributed by atoms with Crippen LogP contribution in [0.3, 0.4) is 0 Å². The molecule has 2 aliphatic rings. The number of benzene rings is 2. The van der Waals surface area contributed by atoms with Gasteiger partial charge in [0.1, 0.15) is 0 Å². The van der Waals surface area contributed by atoms with Crippen LogP contribution in [-0.2, 0) is 10.9 Å². The van der Waals surface area contributed by atoms with Crippen LogP contribution < -0.4 is 18.5 Å². The number of aromatic amines is 1. The number of rotatable bonds is 3. The molecule has 4 aromatic rings. The van der Waals surface area contributed by atoms with E-state index < -0.39 is 19.2 Å². The molecule has 3 N–H and O–H groups in total. The molecule has 2 aromatic carbocycles. The molecular weight excluding hydrogens is 517 g/mol. The van der Waals surface area contributed by atoms with Crippen molar-refractivity contribution in [2.24, 2.45) is 0 Å². The molecule has 0 aliphatic carbocycles. The number of nitrogens with zero attached hydrogens (tertiary/aromatic N) is 3. The number of imidazole rings is 1. The molecule has 162 valence electrons. The molecule has 2 aliphatic heterocycles. The standard InChI is InChI=1S/C10H11N5O4.2C6H5.Sn/c11-10-13-8-7(9(18)14-10)12-3-15(8)6-1-4(17)5(2-16)19-6;2*1-2-4-6-5-3-1;/h3-6H,1-2H2,(H3,11,13,14,18);2*1-5H;/q-2;;;+2/t4-,5+,6-;;;/m0.../s1. The van der Waals surface area contributed by atoms with Gasteiger partial charge in [0, 0.05) is 0 Å². The number of nitrogens with one attached hydrogen (secondary N) is 1. The maximum atomic E-state index is 12.1. The van der Waals surface area contributed by atoms with Crippen molar-refractivity contribution in [3.8, 4) is 0 Å². The topological polar surface area (TPSA) is 117 Å². The molecule has 0 amide bonds. The maximum absolute atomic E-state index is 12.1. The zero-order valence-electron chi connectivity index (χ0n) is 17.0. The summed E-state index contributed by atoms with van der Waals surface area (Å²) in [7, 11) is 0. The molecule has 0 unspecified atom stereocenters. The molecule has 0 radical (unpaired) electrons. The van der Waals surface area contributed by atoms with E-state index in [1.807, 2.05) is 36.4 Å². The predicted molar refractivity (Wildman–Crippen MR) is 120 cm³/mol. The number of aromatic nitrogens is 4. The van der Waals surface area contributed by atoms with E-state index >= 15 is 0 Å². The van der Waals surface area contributed by atoms with Crippen molar-refractivity contribution in [2.75, 3.05) is 12.3 Å². The fraction of sp³-hybridized carbons (Fsp3) is 0.227. The van der Waals surface area contributed by atoms with Gasteiger partial charge in [0.2, 0.25) is 0 Å². The van der Waals surface area contributed by atoms with E-state index in [0.29, 0.717) is 18.7 Å².